The van der Waals surface area contributed by atoms with Crippen LogP contribution in [-0.4, -0.2) is 42.3 Å². The zero-order valence-electron chi connectivity index (χ0n) is 22.6. The molecule has 0 amide bonds. The third kappa shape index (κ3) is 3.58. The molecule has 0 spiro atoms. The van der Waals surface area contributed by atoms with E-state index in [4.69, 9.17) is 4.98 Å². The number of pyridine rings is 1. The van der Waals surface area contributed by atoms with Gasteiger partial charge in [-0.1, -0.05) is 0 Å². The van der Waals surface area contributed by atoms with Gasteiger partial charge in [-0.25, -0.2) is 23.9 Å². The van der Waals surface area contributed by atoms with Crippen LogP contribution in [0.5, 0.6) is 0 Å². The first-order chi connectivity index (χ1) is 18.6. The highest BCUT2D eigenvalue weighted by Gasteiger charge is 2.21. The first kappa shape index (κ1) is 24.6. The van der Waals surface area contributed by atoms with Crippen molar-refractivity contribution in [2.24, 2.45) is 0 Å². The molecule has 0 aliphatic rings. The second-order valence-corrected chi connectivity index (χ2v) is 10.5. The first-order valence-electron chi connectivity index (χ1n) is 12.9. The van der Waals surface area contributed by atoms with E-state index in [0.717, 1.165) is 0 Å². The molecule has 0 saturated heterocycles. The van der Waals surface area contributed by atoms with Crippen molar-refractivity contribution in [1.29, 1.82) is 0 Å². The molecule has 0 aliphatic heterocycles. The third-order valence-electron chi connectivity index (χ3n) is 7.01. The predicted octanol–water partition coefficient (Wildman–Crippen LogP) is 3.22. The Morgan fingerprint density at radius 2 is 1.54 bits per heavy atom. The lowest BCUT2D eigenvalue weighted by atomic mass is 10.2. The summed E-state index contributed by atoms with van der Waals surface area (Å²) in [6.07, 6.45) is 11.5. The molecular weight excluding hydrogens is 498 g/mol. The number of fused-ring (bicyclic) bond motifs is 3. The van der Waals surface area contributed by atoms with E-state index in [-0.39, 0.29) is 46.0 Å². The van der Waals surface area contributed by atoms with E-state index in [9.17, 15) is 14.4 Å². The second kappa shape index (κ2) is 8.65. The minimum absolute atomic E-state index is 0.0429. The smallest absolute Gasteiger partial charge is 0.283 e. The van der Waals surface area contributed by atoms with Crippen molar-refractivity contribution in [2.75, 3.05) is 0 Å². The Balaban J connectivity index is 1.62. The minimum atomic E-state index is -0.434. The molecule has 6 aromatic heterocycles. The van der Waals surface area contributed by atoms with Crippen molar-refractivity contribution < 1.29 is 0 Å². The zero-order chi connectivity index (χ0) is 27.7. The van der Waals surface area contributed by atoms with E-state index < -0.39 is 5.56 Å². The van der Waals surface area contributed by atoms with Gasteiger partial charge in [0.2, 0.25) is 16.9 Å². The fourth-order valence-corrected chi connectivity index (χ4v) is 4.97. The van der Waals surface area contributed by atoms with Crippen LogP contribution in [-0.2, 0) is 0 Å². The monoisotopic (exact) mass is 527 g/mol. The van der Waals surface area contributed by atoms with Gasteiger partial charge in [0.05, 0.1) is 23.1 Å². The average molecular weight is 528 g/mol. The van der Waals surface area contributed by atoms with Gasteiger partial charge in [-0.3, -0.25) is 23.6 Å². The Bertz CT molecular complexity index is 2080. The molecular formula is C27H29N9O3. The lowest BCUT2D eigenvalue weighted by molar-refractivity contribution is 0.495. The Hall–Kier alpha value is -4.74. The van der Waals surface area contributed by atoms with Gasteiger partial charge in [-0.2, -0.15) is 0 Å². The second-order valence-electron chi connectivity index (χ2n) is 10.5. The highest BCUT2D eigenvalue weighted by Crippen LogP contribution is 2.21. The number of aromatic nitrogens is 9. The molecule has 0 radical (unpaired) electrons. The van der Waals surface area contributed by atoms with Gasteiger partial charge in [0.25, 0.3) is 11.1 Å². The van der Waals surface area contributed by atoms with E-state index >= 15 is 0 Å². The molecule has 6 heterocycles. The maximum atomic E-state index is 13.8. The number of nitrogens with zero attached hydrogens (tertiary/aromatic N) is 9. The third-order valence-corrected chi connectivity index (χ3v) is 7.01. The van der Waals surface area contributed by atoms with E-state index in [1.165, 1.54) is 8.97 Å². The van der Waals surface area contributed by atoms with Crippen molar-refractivity contribution >= 4 is 22.5 Å². The summed E-state index contributed by atoms with van der Waals surface area (Å²) in [5.41, 5.74) is 1.01. The molecule has 0 aliphatic carbocycles. The summed E-state index contributed by atoms with van der Waals surface area (Å²) in [7, 11) is 0. The molecule has 0 fully saturated rings. The molecule has 200 valence electrons. The summed E-state index contributed by atoms with van der Waals surface area (Å²) in [5, 5.41) is 0. The number of hydrogen-bond acceptors (Lipinski definition) is 6. The summed E-state index contributed by atoms with van der Waals surface area (Å²) in [6.45, 7) is 12.0. The highest BCUT2D eigenvalue weighted by molar-refractivity contribution is 5.74. The van der Waals surface area contributed by atoms with Gasteiger partial charge in [0, 0.05) is 55.3 Å². The maximum absolute atomic E-state index is 13.8. The van der Waals surface area contributed by atoms with Gasteiger partial charge in [0.1, 0.15) is 5.69 Å². The van der Waals surface area contributed by atoms with Crippen LogP contribution >= 0.6 is 0 Å². The fraction of sp³-hybridized carbons (Fsp3) is 0.333. The van der Waals surface area contributed by atoms with E-state index in [0.29, 0.717) is 22.6 Å². The summed E-state index contributed by atoms with van der Waals surface area (Å²) in [6, 6.07) is 1.87. The van der Waals surface area contributed by atoms with Crippen LogP contribution < -0.4 is 16.5 Å². The summed E-state index contributed by atoms with van der Waals surface area (Å²) in [4.78, 5) is 53.9. The topological polar surface area (TPSA) is 118 Å². The fourth-order valence-electron chi connectivity index (χ4n) is 4.97. The lowest BCUT2D eigenvalue weighted by Crippen LogP contribution is -2.29. The molecule has 0 saturated carbocycles. The average Bonchev–Trinajstić information content (AvgIpc) is 3.63. The predicted molar refractivity (Wildman–Crippen MR) is 148 cm³/mol. The molecule has 0 N–H and O–H groups in total. The van der Waals surface area contributed by atoms with Gasteiger partial charge in [0.15, 0.2) is 5.52 Å². The van der Waals surface area contributed by atoms with E-state index in [2.05, 4.69) is 9.97 Å². The normalized spacial score (nSPS) is 12.3. The molecule has 6 aromatic rings. The summed E-state index contributed by atoms with van der Waals surface area (Å²) < 4.78 is 10.1. The van der Waals surface area contributed by atoms with Crippen molar-refractivity contribution in [3.8, 4) is 16.9 Å². The Kier molecular flexibility index (Phi) is 5.45. The largest absolute Gasteiger partial charge is 0.328 e. The molecule has 6 rings (SSSR count). The molecule has 0 unspecified atom stereocenters. The van der Waals surface area contributed by atoms with Gasteiger partial charge in [-0.05, 0) is 47.6 Å². The van der Waals surface area contributed by atoms with Gasteiger partial charge in [-0.15, -0.1) is 0 Å². The van der Waals surface area contributed by atoms with Crippen LogP contribution in [0.25, 0.3) is 39.4 Å². The van der Waals surface area contributed by atoms with Crippen molar-refractivity contribution in [2.45, 2.75) is 59.7 Å². The standard InChI is InChI=1S/C27H29N9O3/c1-15(2)32-13-21(31-9-7-20-22(26(31)39)29-14-34(20)16(3)4)25(38)33-12-19(30-27(32)33)18-11-36(17(5)6)35-10-8-28-24(35)23(18)37/h7-17H,1-6H3. The Labute approximate surface area is 222 Å². The van der Waals surface area contributed by atoms with Crippen LogP contribution in [0.2, 0.25) is 0 Å². The quantitative estimate of drug-likeness (QED) is 0.340. The summed E-state index contributed by atoms with van der Waals surface area (Å²) in [5.74, 6) is 0.366. The van der Waals surface area contributed by atoms with E-state index in [1.807, 2.05) is 55.4 Å². The zero-order valence-corrected chi connectivity index (χ0v) is 22.6. The lowest BCUT2D eigenvalue weighted by Gasteiger charge is -2.15. The van der Waals surface area contributed by atoms with Gasteiger partial charge >= 0.3 is 0 Å². The molecule has 12 heteroatoms. The molecule has 0 atom stereocenters. The Morgan fingerprint density at radius 3 is 2.23 bits per heavy atom. The summed E-state index contributed by atoms with van der Waals surface area (Å²) >= 11 is 0. The van der Waals surface area contributed by atoms with Gasteiger partial charge < -0.3 is 9.13 Å². The van der Waals surface area contributed by atoms with Crippen LogP contribution in [0, 0.1) is 0 Å². The van der Waals surface area contributed by atoms with Crippen LogP contribution in [0.4, 0.5) is 0 Å². The van der Waals surface area contributed by atoms with Crippen LogP contribution in [0.1, 0.15) is 59.7 Å². The number of hydrogen-bond donors (Lipinski definition) is 0. The van der Waals surface area contributed by atoms with E-state index in [1.54, 1.807) is 54.1 Å². The Morgan fingerprint density at radius 1 is 0.795 bits per heavy atom. The van der Waals surface area contributed by atoms with Crippen LogP contribution in [0.3, 0.4) is 0 Å². The first-order valence-corrected chi connectivity index (χ1v) is 12.9. The molecule has 0 aromatic carbocycles. The van der Waals surface area contributed by atoms with Crippen molar-refractivity contribution in [3.63, 3.8) is 0 Å². The van der Waals surface area contributed by atoms with Crippen LogP contribution in [0.15, 0.2) is 64.0 Å². The van der Waals surface area contributed by atoms with Crippen molar-refractivity contribution in [1.82, 2.24) is 42.3 Å². The van der Waals surface area contributed by atoms with Crippen molar-refractivity contribution in [3.05, 3.63) is 80.5 Å². The SMILES string of the molecule is CC(C)n1cnc2c(=O)n(-c3cn(C(C)C)c4nc(-c5cn(C(C)C)n6ccnc6c5=O)cn4c3=O)ccc21. The number of rotatable bonds is 5. The molecule has 12 nitrogen and oxygen atoms in total. The number of imidazole rings is 3. The molecule has 39 heavy (non-hydrogen) atoms. The minimum Gasteiger partial charge on any atom is -0.328 e. The molecule has 0 bridgehead atoms. The highest BCUT2D eigenvalue weighted by atomic mass is 16.1. The maximum Gasteiger partial charge on any atom is 0.283 e.